The summed E-state index contributed by atoms with van der Waals surface area (Å²) in [6, 6.07) is 11.7. The largest absolute Gasteiger partial charge is 0.366 e. The van der Waals surface area contributed by atoms with Crippen molar-refractivity contribution in [2.45, 2.75) is 13.5 Å². The normalized spacial score (nSPS) is 10.8. The lowest BCUT2D eigenvalue weighted by atomic mass is 10.2. The number of nitrogens with zero attached hydrogens (tertiary/aromatic N) is 1. The number of rotatable bonds is 3. The fourth-order valence-electron chi connectivity index (χ4n) is 2.02. The predicted molar refractivity (Wildman–Crippen MR) is 75.2 cm³/mol. The van der Waals surface area contributed by atoms with Crippen LogP contribution < -0.4 is 11.0 Å². The topological polar surface area (TPSA) is 73.6 Å². The van der Waals surface area contributed by atoms with Gasteiger partial charge in [0.2, 0.25) is 0 Å². The van der Waals surface area contributed by atoms with E-state index in [9.17, 15) is 4.79 Å². The molecule has 2 aromatic heterocycles. The number of fused-ring (bicyclic) bond motifs is 1. The number of imidazole rings is 1. The van der Waals surface area contributed by atoms with E-state index >= 15 is 0 Å². The minimum Gasteiger partial charge on any atom is -0.366 e. The van der Waals surface area contributed by atoms with E-state index in [1.165, 1.54) is 0 Å². The van der Waals surface area contributed by atoms with Gasteiger partial charge < -0.3 is 15.3 Å². The first-order valence-corrected chi connectivity index (χ1v) is 6.09. The smallest absolute Gasteiger partial charge is 0.323 e. The summed E-state index contributed by atoms with van der Waals surface area (Å²) in [5, 5.41) is 3.26. The quantitative estimate of drug-likeness (QED) is 0.670. The molecule has 96 valence electrons. The van der Waals surface area contributed by atoms with Crippen molar-refractivity contribution in [2.24, 2.45) is 0 Å². The highest BCUT2D eigenvalue weighted by Gasteiger charge is 2.00. The third-order valence-corrected chi connectivity index (χ3v) is 2.94. The van der Waals surface area contributed by atoms with E-state index in [4.69, 9.17) is 0 Å². The molecule has 19 heavy (non-hydrogen) atoms. The van der Waals surface area contributed by atoms with Crippen LogP contribution in [0.4, 0.5) is 5.82 Å². The highest BCUT2D eigenvalue weighted by atomic mass is 16.1. The molecule has 0 amide bonds. The second-order valence-corrected chi connectivity index (χ2v) is 4.48. The Balaban J connectivity index is 1.79. The van der Waals surface area contributed by atoms with Crippen LogP contribution >= 0.6 is 0 Å². The number of benzene rings is 1. The molecule has 0 spiro atoms. The Labute approximate surface area is 109 Å². The average molecular weight is 254 g/mol. The molecule has 0 radical (unpaired) electrons. The monoisotopic (exact) mass is 254 g/mol. The van der Waals surface area contributed by atoms with Gasteiger partial charge in [-0.2, -0.15) is 0 Å². The van der Waals surface area contributed by atoms with Gasteiger partial charge in [0.05, 0.1) is 11.0 Å². The molecule has 3 N–H and O–H groups in total. The number of anilines is 1. The zero-order valence-electron chi connectivity index (χ0n) is 10.5. The third-order valence-electron chi connectivity index (χ3n) is 2.94. The molecule has 3 rings (SSSR count). The predicted octanol–water partition coefficient (Wildman–Crippen LogP) is 2.17. The van der Waals surface area contributed by atoms with Crippen LogP contribution in [0.5, 0.6) is 0 Å². The van der Waals surface area contributed by atoms with Crippen LogP contribution in [0.2, 0.25) is 0 Å². The van der Waals surface area contributed by atoms with Gasteiger partial charge in [0.15, 0.2) is 0 Å². The Kier molecular flexibility index (Phi) is 2.79. The highest BCUT2D eigenvalue weighted by molar-refractivity contribution is 5.75. The average Bonchev–Trinajstić information content (AvgIpc) is 2.75. The zero-order chi connectivity index (χ0) is 13.2. The number of hydrogen-bond donors (Lipinski definition) is 3. The molecule has 0 aliphatic heterocycles. The van der Waals surface area contributed by atoms with Crippen molar-refractivity contribution in [3.63, 3.8) is 0 Å². The second kappa shape index (κ2) is 4.61. The number of aryl methyl sites for hydroxylation is 1. The number of hydrogen-bond acceptors (Lipinski definition) is 3. The Morgan fingerprint density at radius 3 is 2.84 bits per heavy atom. The first kappa shape index (κ1) is 11.5. The van der Waals surface area contributed by atoms with E-state index < -0.39 is 0 Å². The molecule has 5 heteroatoms. The lowest BCUT2D eigenvalue weighted by Crippen LogP contribution is -2.01. The van der Waals surface area contributed by atoms with Gasteiger partial charge in [0.1, 0.15) is 5.82 Å². The van der Waals surface area contributed by atoms with Crippen LogP contribution in [-0.2, 0) is 6.54 Å². The summed E-state index contributed by atoms with van der Waals surface area (Å²) in [5.74, 6) is 0.850. The lowest BCUT2D eigenvalue weighted by Gasteiger charge is -2.06. The SMILES string of the molecule is Cc1cccc(NCc2ccc3[nH]c(=O)[nH]c3c2)n1. The van der Waals surface area contributed by atoms with E-state index in [0.717, 1.165) is 28.1 Å². The second-order valence-electron chi connectivity index (χ2n) is 4.48. The van der Waals surface area contributed by atoms with Gasteiger partial charge >= 0.3 is 5.69 Å². The van der Waals surface area contributed by atoms with E-state index in [1.54, 1.807) is 0 Å². The third kappa shape index (κ3) is 2.49. The molecule has 0 bridgehead atoms. The fraction of sp³-hybridized carbons (Fsp3) is 0.143. The van der Waals surface area contributed by atoms with E-state index in [0.29, 0.717) is 6.54 Å². The van der Waals surface area contributed by atoms with Crippen molar-refractivity contribution in [3.8, 4) is 0 Å². The van der Waals surface area contributed by atoms with Crippen LogP contribution in [0, 0.1) is 6.92 Å². The van der Waals surface area contributed by atoms with Gasteiger partial charge in [-0.15, -0.1) is 0 Å². The van der Waals surface area contributed by atoms with E-state index in [2.05, 4.69) is 20.3 Å². The number of aromatic amines is 2. The molecule has 0 aliphatic carbocycles. The summed E-state index contributed by atoms with van der Waals surface area (Å²) >= 11 is 0. The summed E-state index contributed by atoms with van der Waals surface area (Å²) < 4.78 is 0. The van der Waals surface area contributed by atoms with Crippen molar-refractivity contribution in [1.82, 2.24) is 15.0 Å². The Morgan fingerprint density at radius 2 is 2.00 bits per heavy atom. The Morgan fingerprint density at radius 1 is 1.16 bits per heavy atom. The molecular formula is C14H14N4O. The number of pyridine rings is 1. The van der Waals surface area contributed by atoms with Gasteiger partial charge in [-0.3, -0.25) is 0 Å². The summed E-state index contributed by atoms with van der Waals surface area (Å²) in [6.45, 7) is 2.63. The number of H-pyrrole nitrogens is 2. The molecule has 0 saturated carbocycles. The molecule has 3 aromatic rings. The van der Waals surface area contributed by atoms with Gasteiger partial charge in [-0.25, -0.2) is 9.78 Å². The van der Waals surface area contributed by atoms with Crippen LogP contribution in [0.1, 0.15) is 11.3 Å². The van der Waals surface area contributed by atoms with Crippen LogP contribution in [0.15, 0.2) is 41.2 Å². The minimum absolute atomic E-state index is 0.180. The molecule has 0 saturated heterocycles. The molecule has 0 aliphatic rings. The molecule has 1 aromatic carbocycles. The van der Waals surface area contributed by atoms with Crippen molar-refractivity contribution < 1.29 is 0 Å². The first-order valence-electron chi connectivity index (χ1n) is 6.09. The van der Waals surface area contributed by atoms with Crippen molar-refractivity contribution in [1.29, 1.82) is 0 Å². The maximum atomic E-state index is 11.2. The van der Waals surface area contributed by atoms with E-state index in [-0.39, 0.29) is 5.69 Å². The molecular weight excluding hydrogens is 240 g/mol. The van der Waals surface area contributed by atoms with Crippen molar-refractivity contribution >= 4 is 16.9 Å². The fourth-order valence-corrected chi connectivity index (χ4v) is 2.02. The number of nitrogens with one attached hydrogen (secondary N) is 3. The standard InChI is InChI=1S/C14H14N4O/c1-9-3-2-4-13(16-9)15-8-10-5-6-11-12(7-10)18-14(19)17-11/h2-7H,8H2,1H3,(H,15,16)(H2,17,18,19). The summed E-state index contributed by atoms with van der Waals surface area (Å²) in [6.07, 6.45) is 0. The lowest BCUT2D eigenvalue weighted by molar-refractivity contribution is 1.09. The zero-order valence-corrected chi connectivity index (χ0v) is 10.5. The van der Waals surface area contributed by atoms with Crippen molar-refractivity contribution in [2.75, 3.05) is 5.32 Å². The highest BCUT2D eigenvalue weighted by Crippen LogP contribution is 2.12. The Hall–Kier alpha value is -2.56. The first-order chi connectivity index (χ1) is 9.20. The van der Waals surface area contributed by atoms with Gasteiger partial charge in [0, 0.05) is 12.2 Å². The minimum atomic E-state index is -0.180. The van der Waals surface area contributed by atoms with Gasteiger partial charge in [-0.05, 0) is 36.8 Å². The summed E-state index contributed by atoms with van der Waals surface area (Å²) in [5.41, 5.74) is 3.53. The Bertz CT molecular complexity index is 772. The van der Waals surface area contributed by atoms with Gasteiger partial charge in [-0.1, -0.05) is 12.1 Å². The van der Waals surface area contributed by atoms with E-state index in [1.807, 2.05) is 43.3 Å². The van der Waals surface area contributed by atoms with Crippen molar-refractivity contribution in [3.05, 3.63) is 58.1 Å². The van der Waals surface area contributed by atoms with Gasteiger partial charge in [0.25, 0.3) is 0 Å². The maximum absolute atomic E-state index is 11.2. The molecule has 5 nitrogen and oxygen atoms in total. The molecule has 0 unspecified atom stereocenters. The summed E-state index contributed by atoms with van der Waals surface area (Å²) in [7, 11) is 0. The summed E-state index contributed by atoms with van der Waals surface area (Å²) in [4.78, 5) is 21.0. The maximum Gasteiger partial charge on any atom is 0.323 e. The number of aromatic nitrogens is 3. The molecule has 0 fully saturated rings. The van der Waals surface area contributed by atoms with Crippen LogP contribution in [-0.4, -0.2) is 15.0 Å². The van der Waals surface area contributed by atoms with Crippen LogP contribution in [0.3, 0.4) is 0 Å². The molecule has 2 heterocycles. The molecule has 0 atom stereocenters. The van der Waals surface area contributed by atoms with Crippen LogP contribution in [0.25, 0.3) is 11.0 Å².